The Labute approximate surface area is 115 Å². The van der Waals surface area contributed by atoms with Crippen molar-refractivity contribution in [2.75, 3.05) is 40.0 Å². The van der Waals surface area contributed by atoms with Gasteiger partial charge in [-0.05, 0) is 25.8 Å². The van der Waals surface area contributed by atoms with E-state index in [1.165, 1.54) is 5.69 Å². The van der Waals surface area contributed by atoms with Crippen LogP contribution in [0.15, 0.2) is 6.07 Å². The van der Waals surface area contributed by atoms with Crippen LogP contribution in [-0.2, 0) is 22.9 Å². The van der Waals surface area contributed by atoms with E-state index in [2.05, 4.69) is 16.5 Å². The molecule has 1 unspecified atom stereocenters. The second kappa shape index (κ2) is 6.50. The van der Waals surface area contributed by atoms with Crippen molar-refractivity contribution < 1.29 is 9.47 Å². The highest BCUT2D eigenvalue weighted by atomic mass is 16.5. The zero-order chi connectivity index (χ0) is 13.7. The fourth-order valence-corrected chi connectivity index (χ4v) is 2.73. The zero-order valence-corrected chi connectivity index (χ0v) is 12.2. The SMILES string of the molecule is COCCNCC1(Cc2cc(C)nn2C)CCOC1. The third-order valence-electron chi connectivity index (χ3n) is 3.82. The third-order valence-corrected chi connectivity index (χ3v) is 3.82. The molecule has 108 valence electrons. The molecule has 19 heavy (non-hydrogen) atoms. The van der Waals surface area contributed by atoms with Crippen molar-refractivity contribution in [3.8, 4) is 0 Å². The average molecular weight is 267 g/mol. The molecule has 1 fully saturated rings. The van der Waals surface area contributed by atoms with Crippen molar-refractivity contribution in [3.63, 3.8) is 0 Å². The second-order valence-corrected chi connectivity index (χ2v) is 5.55. The summed E-state index contributed by atoms with van der Waals surface area (Å²) in [5, 5.41) is 7.91. The lowest BCUT2D eigenvalue weighted by atomic mass is 9.82. The summed E-state index contributed by atoms with van der Waals surface area (Å²) in [4.78, 5) is 0. The molecule has 5 nitrogen and oxygen atoms in total. The number of hydrogen-bond acceptors (Lipinski definition) is 4. The Balaban J connectivity index is 1.97. The molecule has 1 aliphatic heterocycles. The molecule has 0 amide bonds. The van der Waals surface area contributed by atoms with Crippen molar-refractivity contribution in [3.05, 3.63) is 17.5 Å². The molecule has 1 aromatic rings. The number of nitrogens with zero attached hydrogens (tertiary/aromatic N) is 2. The van der Waals surface area contributed by atoms with Gasteiger partial charge in [-0.15, -0.1) is 0 Å². The van der Waals surface area contributed by atoms with E-state index >= 15 is 0 Å². The highest BCUT2D eigenvalue weighted by molar-refractivity contribution is 5.12. The Hall–Kier alpha value is -0.910. The molecule has 0 radical (unpaired) electrons. The lowest BCUT2D eigenvalue weighted by Crippen LogP contribution is -2.38. The van der Waals surface area contributed by atoms with Crippen LogP contribution in [0.3, 0.4) is 0 Å². The fraction of sp³-hybridized carbons (Fsp3) is 0.786. The van der Waals surface area contributed by atoms with Crippen molar-refractivity contribution >= 4 is 0 Å². The normalized spacial score (nSPS) is 23.1. The summed E-state index contributed by atoms with van der Waals surface area (Å²) in [5.41, 5.74) is 2.57. The summed E-state index contributed by atoms with van der Waals surface area (Å²) in [7, 11) is 3.75. The van der Waals surface area contributed by atoms with E-state index in [9.17, 15) is 0 Å². The number of nitrogens with one attached hydrogen (secondary N) is 1. The first kappa shape index (κ1) is 14.5. The van der Waals surface area contributed by atoms with E-state index in [4.69, 9.17) is 9.47 Å². The molecule has 1 aliphatic rings. The van der Waals surface area contributed by atoms with Gasteiger partial charge in [0.2, 0.25) is 0 Å². The highest BCUT2D eigenvalue weighted by Crippen LogP contribution is 2.32. The molecule has 2 heterocycles. The van der Waals surface area contributed by atoms with Gasteiger partial charge in [-0.1, -0.05) is 0 Å². The van der Waals surface area contributed by atoms with Crippen molar-refractivity contribution in [1.82, 2.24) is 15.1 Å². The number of ether oxygens (including phenoxy) is 2. The zero-order valence-electron chi connectivity index (χ0n) is 12.2. The minimum atomic E-state index is 0.202. The number of aryl methyl sites for hydroxylation is 2. The van der Waals surface area contributed by atoms with E-state index in [-0.39, 0.29) is 5.41 Å². The van der Waals surface area contributed by atoms with Crippen LogP contribution in [0.25, 0.3) is 0 Å². The minimum Gasteiger partial charge on any atom is -0.383 e. The maximum absolute atomic E-state index is 5.64. The fourth-order valence-electron chi connectivity index (χ4n) is 2.73. The quantitative estimate of drug-likeness (QED) is 0.746. The largest absolute Gasteiger partial charge is 0.383 e. The van der Waals surface area contributed by atoms with Gasteiger partial charge in [0.25, 0.3) is 0 Å². The van der Waals surface area contributed by atoms with Crippen LogP contribution >= 0.6 is 0 Å². The van der Waals surface area contributed by atoms with Crippen LogP contribution in [0.1, 0.15) is 17.8 Å². The summed E-state index contributed by atoms with van der Waals surface area (Å²) in [6, 6.07) is 2.18. The summed E-state index contributed by atoms with van der Waals surface area (Å²) in [6.07, 6.45) is 2.13. The first-order chi connectivity index (χ1) is 9.15. The summed E-state index contributed by atoms with van der Waals surface area (Å²) in [6.45, 7) is 6.35. The van der Waals surface area contributed by atoms with Gasteiger partial charge < -0.3 is 14.8 Å². The predicted molar refractivity (Wildman–Crippen MR) is 74.3 cm³/mol. The standard InChI is InChI=1S/C14H25N3O2/c1-12-8-13(17(2)16-12)9-14(4-6-19-11-14)10-15-5-7-18-3/h8,15H,4-7,9-11H2,1-3H3. The lowest BCUT2D eigenvalue weighted by Gasteiger charge is -2.27. The molecule has 0 bridgehead atoms. The van der Waals surface area contributed by atoms with E-state index in [0.29, 0.717) is 0 Å². The summed E-state index contributed by atoms with van der Waals surface area (Å²) in [5.74, 6) is 0. The maximum Gasteiger partial charge on any atom is 0.0596 e. The van der Waals surface area contributed by atoms with Gasteiger partial charge in [-0.3, -0.25) is 4.68 Å². The van der Waals surface area contributed by atoms with E-state index in [1.807, 2.05) is 18.7 Å². The smallest absolute Gasteiger partial charge is 0.0596 e. The van der Waals surface area contributed by atoms with Crippen LogP contribution in [-0.4, -0.2) is 49.8 Å². The Morgan fingerprint density at radius 2 is 2.42 bits per heavy atom. The Kier molecular flexibility index (Phi) is 4.96. The molecule has 1 atom stereocenters. The van der Waals surface area contributed by atoms with Crippen LogP contribution in [0.5, 0.6) is 0 Å². The topological polar surface area (TPSA) is 48.3 Å². The third kappa shape index (κ3) is 3.78. The van der Waals surface area contributed by atoms with Gasteiger partial charge >= 0.3 is 0 Å². The Morgan fingerprint density at radius 3 is 3.00 bits per heavy atom. The average Bonchev–Trinajstić information content (AvgIpc) is 2.94. The highest BCUT2D eigenvalue weighted by Gasteiger charge is 2.35. The van der Waals surface area contributed by atoms with E-state index < -0.39 is 0 Å². The molecule has 5 heteroatoms. The van der Waals surface area contributed by atoms with E-state index in [1.54, 1.807) is 7.11 Å². The van der Waals surface area contributed by atoms with Gasteiger partial charge in [0.1, 0.15) is 0 Å². The minimum absolute atomic E-state index is 0.202. The Morgan fingerprint density at radius 1 is 1.58 bits per heavy atom. The second-order valence-electron chi connectivity index (χ2n) is 5.55. The van der Waals surface area contributed by atoms with Crippen molar-refractivity contribution in [2.24, 2.45) is 12.5 Å². The number of hydrogen-bond donors (Lipinski definition) is 1. The first-order valence-corrected chi connectivity index (χ1v) is 6.92. The molecule has 0 aromatic carbocycles. The van der Waals surface area contributed by atoms with Gasteiger partial charge in [0, 0.05) is 45.0 Å². The first-order valence-electron chi connectivity index (χ1n) is 6.92. The molecule has 0 aliphatic carbocycles. The van der Waals surface area contributed by atoms with Crippen LogP contribution in [0.4, 0.5) is 0 Å². The molecule has 0 saturated carbocycles. The van der Waals surface area contributed by atoms with Crippen molar-refractivity contribution in [2.45, 2.75) is 19.8 Å². The van der Waals surface area contributed by atoms with E-state index in [0.717, 1.165) is 51.4 Å². The van der Waals surface area contributed by atoms with Crippen LogP contribution < -0.4 is 5.32 Å². The number of methoxy groups -OCH3 is 1. The van der Waals surface area contributed by atoms with Gasteiger partial charge in [0.05, 0.1) is 18.9 Å². The Bertz CT molecular complexity index is 397. The molecule has 1 saturated heterocycles. The van der Waals surface area contributed by atoms with Gasteiger partial charge in [-0.2, -0.15) is 5.10 Å². The van der Waals surface area contributed by atoms with Crippen LogP contribution in [0.2, 0.25) is 0 Å². The lowest BCUT2D eigenvalue weighted by molar-refractivity contribution is 0.143. The summed E-state index contributed by atoms with van der Waals surface area (Å²) >= 11 is 0. The monoisotopic (exact) mass is 267 g/mol. The molecule has 1 N–H and O–H groups in total. The summed E-state index contributed by atoms with van der Waals surface area (Å²) < 4.78 is 12.7. The molecular weight excluding hydrogens is 242 g/mol. The molecule has 0 spiro atoms. The van der Waals surface area contributed by atoms with Crippen LogP contribution in [0, 0.1) is 12.3 Å². The number of rotatable bonds is 7. The van der Waals surface area contributed by atoms with Gasteiger partial charge in [0.15, 0.2) is 0 Å². The maximum atomic E-state index is 5.64. The van der Waals surface area contributed by atoms with Crippen molar-refractivity contribution in [1.29, 1.82) is 0 Å². The number of aromatic nitrogens is 2. The molecule has 1 aromatic heterocycles. The predicted octanol–water partition coefficient (Wildman–Crippen LogP) is 0.914. The molecule has 2 rings (SSSR count). The van der Waals surface area contributed by atoms with Gasteiger partial charge in [-0.25, -0.2) is 0 Å². The molecular formula is C14H25N3O2.